The third-order valence-corrected chi connectivity index (χ3v) is 3.73. The maximum Gasteiger partial charge on any atom is 0.123 e. The Bertz CT molecular complexity index is 557. The van der Waals surface area contributed by atoms with E-state index >= 15 is 0 Å². The Morgan fingerprint density at radius 1 is 1.16 bits per heavy atom. The topological polar surface area (TPSA) is 21.3 Å². The molecule has 4 heteroatoms. The molecule has 2 aromatic rings. The largest absolute Gasteiger partial charge is 0.497 e. The second kappa shape index (κ2) is 6.17. The highest BCUT2D eigenvalue weighted by atomic mass is 79.9. The van der Waals surface area contributed by atoms with Crippen LogP contribution in [-0.4, -0.2) is 14.2 Å². The van der Waals surface area contributed by atoms with E-state index in [1.54, 1.807) is 19.2 Å². The molecule has 2 nitrogen and oxygen atoms in total. The molecule has 1 N–H and O–H groups in total. The summed E-state index contributed by atoms with van der Waals surface area (Å²) in [5.41, 5.74) is 2.05. The first-order valence-corrected chi connectivity index (χ1v) is 6.71. The summed E-state index contributed by atoms with van der Waals surface area (Å²) in [7, 11) is 3.51. The first-order chi connectivity index (χ1) is 9.15. The van der Waals surface area contributed by atoms with Crippen LogP contribution in [0.5, 0.6) is 5.75 Å². The molecule has 1 unspecified atom stereocenters. The zero-order valence-electron chi connectivity index (χ0n) is 10.8. The molecule has 0 amide bonds. The van der Waals surface area contributed by atoms with Gasteiger partial charge in [-0.05, 0) is 48.5 Å². The number of nitrogens with one attached hydrogen (secondary N) is 1. The van der Waals surface area contributed by atoms with Crippen molar-refractivity contribution in [2.75, 3.05) is 14.2 Å². The van der Waals surface area contributed by atoms with Gasteiger partial charge in [-0.2, -0.15) is 0 Å². The molecule has 0 aromatic heterocycles. The highest BCUT2D eigenvalue weighted by molar-refractivity contribution is 9.10. The summed E-state index contributed by atoms with van der Waals surface area (Å²) in [6.45, 7) is 0. The van der Waals surface area contributed by atoms with Crippen LogP contribution >= 0.6 is 15.9 Å². The van der Waals surface area contributed by atoms with Gasteiger partial charge in [0.2, 0.25) is 0 Å². The van der Waals surface area contributed by atoms with E-state index in [-0.39, 0.29) is 11.9 Å². The summed E-state index contributed by atoms with van der Waals surface area (Å²) in [4.78, 5) is 0. The van der Waals surface area contributed by atoms with Gasteiger partial charge in [0.25, 0.3) is 0 Å². The van der Waals surface area contributed by atoms with Crippen LogP contribution in [0.25, 0.3) is 0 Å². The summed E-state index contributed by atoms with van der Waals surface area (Å²) in [6.07, 6.45) is 0. The van der Waals surface area contributed by atoms with Gasteiger partial charge in [0.15, 0.2) is 0 Å². The van der Waals surface area contributed by atoms with Crippen molar-refractivity contribution in [2.45, 2.75) is 6.04 Å². The monoisotopic (exact) mass is 323 g/mol. The molecule has 100 valence electrons. The third kappa shape index (κ3) is 3.14. The fourth-order valence-electron chi connectivity index (χ4n) is 2.03. The standard InChI is InChI=1S/C15H15BrFNO/c1-18-15(10-3-5-11(17)6-4-10)13-9-12(19-2)7-8-14(13)16/h3-9,15,18H,1-2H3. The highest BCUT2D eigenvalue weighted by Crippen LogP contribution is 2.31. The van der Waals surface area contributed by atoms with Crippen LogP contribution in [0.3, 0.4) is 0 Å². The number of ether oxygens (including phenoxy) is 1. The Kier molecular flexibility index (Phi) is 4.56. The number of rotatable bonds is 4. The summed E-state index contributed by atoms with van der Waals surface area (Å²) in [5, 5.41) is 3.24. The van der Waals surface area contributed by atoms with Crippen LogP contribution in [0.15, 0.2) is 46.9 Å². The lowest BCUT2D eigenvalue weighted by atomic mass is 9.98. The van der Waals surface area contributed by atoms with Crippen LogP contribution in [0, 0.1) is 5.82 Å². The lowest BCUT2D eigenvalue weighted by Gasteiger charge is -2.19. The summed E-state index contributed by atoms with van der Waals surface area (Å²) < 4.78 is 19.2. The smallest absolute Gasteiger partial charge is 0.123 e. The van der Waals surface area contributed by atoms with Gasteiger partial charge >= 0.3 is 0 Å². The molecule has 0 radical (unpaired) electrons. The molecule has 0 bridgehead atoms. The van der Waals surface area contributed by atoms with E-state index in [2.05, 4.69) is 21.2 Å². The van der Waals surface area contributed by atoms with Gasteiger partial charge in [-0.3, -0.25) is 0 Å². The first-order valence-electron chi connectivity index (χ1n) is 5.92. The van der Waals surface area contributed by atoms with Gasteiger partial charge < -0.3 is 10.1 Å². The SMILES string of the molecule is CNC(c1ccc(F)cc1)c1cc(OC)ccc1Br. The van der Waals surface area contributed by atoms with Crippen LogP contribution in [0.2, 0.25) is 0 Å². The van der Waals surface area contributed by atoms with E-state index in [4.69, 9.17) is 4.74 Å². The lowest BCUT2D eigenvalue weighted by molar-refractivity contribution is 0.413. The van der Waals surface area contributed by atoms with Gasteiger partial charge in [0, 0.05) is 4.47 Å². The second-order valence-corrected chi connectivity index (χ2v) is 5.02. The Hall–Kier alpha value is -1.39. The Labute approximate surface area is 120 Å². The van der Waals surface area contributed by atoms with E-state index < -0.39 is 0 Å². The molecule has 0 spiro atoms. The van der Waals surface area contributed by atoms with E-state index in [0.717, 1.165) is 21.3 Å². The summed E-state index contributed by atoms with van der Waals surface area (Å²) in [5.74, 6) is 0.559. The van der Waals surface area contributed by atoms with Crippen molar-refractivity contribution < 1.29 is 9.13 Å². The van der Waals surface area contributed by atoms with E-state index in [1.165, 1.54) is 12.1 Å². The van der Waals surface area contributed by atoms with Crippen molar-refractivity contribution >= 4 is 15.9 Å². The fraction of sp³-hybridized carbons (Fsp3) is 0.200. The summed E-state index contributed by atoms with van der Waals surface area (Å²) >= 11 is 3.54. The van der Waals surface area contributed by atoms with Crippen LogP contribution in [0.4, 0.5) is 4.39 Å². The number of hydrogen-bond donors (Lipinski definition) is 1. The van der Waals surface area contributed by atoms with Crippen LogP contribution < -0.4 is 10.1 Å². The van der Waals surface area contributed by atoms with E-state index in [1.807, 2.05) is 25.2 Å². The van der Waals surface area contributed by atoms with Crippen LogP contribution in [0.1, 0.15) is 17.2 Å². The van der Waals surface area contributed by atoms with Crippen molar-refractivity contribution in [3.63, 3.8) is 0 Å². The Morgan fingerprint density at radius 2 is 1.84 bits per heavy atom. The van der Waals surface area contributed by atoms with Crippen molar-refractivity contribution in [2.24, 2.45) is 0 Å². The van der Waals surface area contributed by atoms with Crippen molar-refractivity contribution in [3.8, 4) is 5.75 Å². The molecule has 0 aliphatic heterocycles. The average Bonchev–Trinajstić information content (AvgIpc) is 2.43. The Morgan fingerprint density at radius 3 is 2.42 bits per heavy atom. The zero-order valence-corrected chi connectivity index (χ0v) is 12.4. The van der Waals surface area contributed by atoms with E-state index in [9.17, 15) is 4.39 Å². The van der Waals surface area contributed by atoms with Gasteiger partial charge in [0.1, 0.15) is 11.6 Å². The molecule has 0 fully saturated rings. The van der Waals surface area contributed by atoms with Crippen LogP contribution in [-0.2, 0) is 0 Å². The number of methoxy groups -OCH3 is 1. The second-order valence-electron chi connectivity index (χ2n) is 4.16. The van der Waals surface area contributed by atoms with E-state index in [0.29, 0.717) is 0 Å². The minimum atomic E-state index is -0.233. The number of hydrogen-bond acceptors (Lipinski definition) is 2. The average molecular weight is 324 g/mol. The lowest BCUT2D eigenvalue weighted by Crippen LogP contribution is -2.18. The minimum Gasteiger partial charge on any atom is -0.497 e. The number of halogens is 2. The van der Waals surface area contributed by atoms with Crippen molar-refractivity contribution in [1.29, 1.82) is 0 Å². The predicted octanol–water partition coefficient (Wildman–Crippen LogP) is 3.91. The zero-order chi connectivity index (χ0) is 13.8. The molecule has 2 aromatic carbocycles. The third-order valence-electron chi connectivity index (χ3n) is 3.01. The van der Waals surface area contributed by atoms with Gasteiger partial charge in [0.05, 0.1) is 13.2 Å². The maximum absolute atomic E-state index is 13.0. The molecule has 0 aliphatic rings. The molecular weight excluding hydrogens is 309 g/mol. The molecule has 0 saturated heterocycles. The maximum atomic E-state index is 13.0. The predicted molar refractivity (Wildman–Crippen MR) is 78.0 cm³/mol. The molecule has 0 aliphatic carbocycles. The molecule has 1 atom stereocenters. The normalized spacial score (nSPS) is 12.2. The fourth-order valence-corrected chi connectivity index (χ4v) is 2.50. The summed E-state index contributed by atoms with van der Waals surface area (Å²) in [6, 6.07) is 12.3. The molecule has 0 heterocycles. The van der Waals surface area contributed by atoms with Gasteiger partial charge in [-0.25, -0.2) is 4.39 Å². The van der Waals surface area contributed by atoms with Crippen molar-refractivity contribution in [3.05, 3.63) is 63.9 Å². The first kappa shape index (κ1) is 14.0. The molecule has 19 heavy (non-hydrogen) atoms. The van der Waals surface area contributed by atoms with Gasteiger partial charge in [-0.1, -0.05) is 28.1 Å². The number of benzene rings is 2. The van der Waals surface area contributed by atoms with Crippen molar-refractivity contribution in [1.82, 2.24) is 5.32 Å². The quantitative estimate of drug-likeness (QED) is 0.921. The molecular formula is C15H15BrFNO. The highest BCUT2D eigenvalue weighted by Gasteiger charge is 2.15. The molecule has 0 saturated carbocycles. The van der Waals surface area contributed by atoms with Gasteiger partial charge in [-0.15, -0.1) is 0 Å². The Balaban J connectivity index is 2.44. The minimum absolute atomic E-state index is 0.0231. The molecule has 2 rings (SSSR count).